The molecule has 3 aliphatic rings. The maximum atomic E-state index is 10.9. The van der Waals surface area contributed by atoms with Crippen LogP contribution in [0.3, 0.4) is 0 Å². The summed E-state index contributed by atoms with van der Waals surface area (Å²) in [5.41, 5.74) is 0. The molecule has 0 aromatic rings. The average molecular weight is 379 g/mol. The van der Waals surface area contributed by atoms with Crippen molar-refractivity contribution in [3.63, 3.8) is 0 Å². The lowest BCUT2D eigenvalue weighted by Crippen LogP contribution is -2.52. The molecule has 23 heavy (non-hydrogen) atoms. The Morgan fingerprint density at radius 2 is 1.83 bits per heavy atom. The van der Waals surface area contributed by atoms with Crippen LogP contribution in [0.2, 0.25) is 19.6 Å². The lowest BCUT2D eigenvalue weighted by molar-refractivity contribution is -0.214. The van der Waals surface area contributed by atoms with Crippen LogP contribution in [0.15, 0.2) is 0 Å². The lowest BCUT2D eigenvalue weighted by Gasteiger charge is -2.46. The van der Waals surface area contributed by atoms with E-state index in [9.17, 15) is 5.11 Å². The van der Waals surface area contributed by atoms with Crippen LogP contribution in [-0.4, -0.2) is 58.8 Å². The van der Waals surface area contributed by atoms with Crippen molar-refractivity contribution in [1.82, 2.24) is 0 Å². The summed E-state index contributed by atoms with van der Waals surface area (Å²) in [5, 5.41) is 10.9. The van der Waals surface area contributed by atoms with Crippen molar-refractivity contribution in [1.29, 1.82) is 0 Å². The number of rotatable bonds is 4. The van der Waals surface area contributed by atoms with Gasteiger partial charge in [-0.25, -0.2) is 0 Å². The Morgan fingerprint density at radius 3 is 2.39 bits per heavy atom. The molecule has 0 radical (unpaired) electrons. The maximum Gasteiger partial charge on any atom is 0.187 e. The van der Waals surface area contributed by atoms with Gasteiger partial charge >= 0.3 is 0 Å². The summed E-state index contributed by atoms with van der Waals surface area (Å²) < 4.78 is 17.8. The fourth-order valence-corrected chi connectivity index (χ4v) is 11.3. The first-order chi connectivity index (χ1) is 10.6. The third-order valence-electron chi connectivity index (χ3n) is 4.92. The number of hydrogen-bond donors (Lipinski definition) is 1. The Bertz CT molecular complexity index is 418. The second-order valence-electron chi connectivity index (χ2n) is 8.28. The molecular formula is C16H30O4S2Si. The number of aliphatic hydroxyl groups excluding tert-OH is 1. The van der Waals surface area contributed by atoms with E-state index in [0.29, 0.717) is 0 Å². The molecule has 0 unspecified atom stereocenters. The van der Waals surface area contributed by atoms with Crippen molar-refractivity contribution < 1.29 is 19.3 Å². The summed E-state index contributed by atoms with van der Waals surface area (Å²) in [7, 11) is -1.42. The van der Waals surface area contributed by atoms with E-state index in [4.69, 9.17) is 14.2 Å². The molecule has 4 atom stereocenters. The number of ether oxygens (including phenoxy) is 3. The van der Waals surface area contributed by atoms with Gasteiger partial charge in [-0.2, -0.15) is 0 Å². The van der Waals surface area contributed by atoms with Crippen LogP contribution in [0.5, 0.6) is 0 Å². The van der Waals surface area contributed by atoms with E-state index in [-0.39, 0.29) is 22.2 Å². The van der Waals surface area contributed by atoms with Gasteiger partial charge in [0.15, 0.2) is 12.1 Å². The first kappa shape index (κ1) is 18.5. The minimum Gasteiger partial charge on any atom is -0.390 e. The molecule has 0 amide bonds. The number of fused-ring (bicyclic) bond motifs is 1. The van der Waals surface area contributed by atoms with Gasteiger partial charge in [0.2, 0.25) is 0 Å². The van der Waals surface area contributed by atoms with Crippen LogP contribution in [0.25, 0.3) is 0 Å². The summed E-state index contributed by atoms with van der Waals surface area (Å²) in [6.07, 6.45) is 1.84. The predicted octanol–water partition coefficient (Wildman–Crippen LogP) is 3.45. The standard InChI is InChI=1S/C16H30O4S2Si/c1-15(2)19-13-9-12(18-14(13)20-15)11(17)10-16(23(3,4)5)21-7-6-8-22-16/h11-14,17H,6-10H2,1-5H3/t11-,12+,13-,14-/m1/s1. The molecule has 0 aromatic carbocycles. The zero-order valence-corrected chi connectivity index (χ0v) is 17.5. The van der Waals surface area contributed by atoms with Gasteiger partial charge in [0.05, 0.1) is 24.0 Å². The maximum absolute atomic E-state index is 10.9. The Balaban J connectivity index is 1.64. The molecule has 0 spiro atoms. The van der Waals surface area contributed by atoms with Crippen molar-refractivity contribution in [2.45, 2.75) is 86.8 Å². The second-order valence-corrected chi connectivity index (χ2v) is 17.4. The molecule has 0 aliphatic carbocycles. The van der Waals surface area contributed by atoms with Crippen molar-refractivity contribution in [2.75, 3.05) is 11.5 Å². The first-order valence-corrected chi connectivity index (χ1v) is 14.1. The number of aliphatic hydroxyl groups is 1. The molecule has 3 saturated heterocycles. The lowest BCUT2D eigenvalue weighted by atomic mass is 10.1. The topological polar surface area (TPSA) is 47.9 Å². The van der Waals surface area contributed by atoms with E-state index in [1.165, 1.54) is 17.9 Å². The Hall–Kier alpha value is 0.757. The molecular weight excluding hydrogens is 348 g/mol. The van der Waals surface area contributed by atoms with E-state index in [2.05, 4.69) is 43.2 Å². The van der Waals surface area contributed by atoms with Gasteiger partial charge in [0.1, 0.15) is 6.10 Å². The predicted molar refractivity (Wildman–Crippen MR) is 99.5 cm³/mol. The summed E-state index contributed by atoms with van der Waals surface area (Å²) in [4.78, 5) is 0. The van der Waals surface area contributed by atoms with Crippen molar-refractivity contribution in [3.8, 4) is 0 Å². The highest BCUT2D eigenvalue weighted by molar-refractivity contribution is 8.21. The fourth-order valence-electron chi connectivity index (χ4n) is 3.62. The Kier molecular flexibility index (Phi) is 5.23. The highest BCUT2D eigenvalue weighted by Gasteiger charge is 2.53. The SMILES string of the molecule is CC1(C)O[C@H]2O[C@H]([C@H](O)CC3([Si](C)(C)C)SCCCS3)C[C@H]2O1. The summed E-state index contributed by atoms with van der Waals surface area (Å²) in [5.74, 6) is 1.85. The highest BCUT2D eigenvalue weighted by atomic mass is 32.2. The zero-order valence-electron chi connectivity index (χ0n) is 14.8. The van der Waals surface area contributed by atoms with Gasteiger partial charge in [-0.05, 0) is 38.2 Å². The molecule has 4 nitrogen and oxygen atoms in total. The van der Waals surface area contributed by atoms with Crippen LogP contribution < -0.4 is 0 Å². The quantitative estimate of drug-likeness (QED) is 0.756. The third kappa shape index (κ3) is 3.81. The molecule has 0 bridgehead atoms. The Labute approximate surface area is 149 Å². The van der Waals surface area contributed by atoms with E-state index in [1.54, 1.807) is 0 Å². The average Bonchev–Trinajstić information content (AvgIpc) is 2.92. The second kappa shape index (κ2) is 6.48. The molecule has 3 heterocycles. The van der Waals surface area contributed by atoms with Crippen LogP contribution in [-0.2, 0) is 14.2 Å². The molecule has 3 rings (SSSR count). The highest BCUT2D eigenvalue weighted by Crippen LogP contribution is 2.52. The summed E-state index contributed by atoms with van der Waals surface area (Å²) >= 11 is 4.14. The van der Waals surface area contributed by atoms with E-state index < -0.39 is 20.0 Å². The zero-order chi connectivity index (χ0) is 16.9. The Morgan fingerprint density at radius 1 is 1.17 bits per heavy atom. The third-order valence-corrected chi connectivity index (χ3v) is 14.9. The van der Waals surface area contributed by atoms with Gasteiger partial charge in [0.25, 0.3) is 0 Å². The summed E-state index contributed by atoms with van der Waals surface area (Å²) in [6, 6.07) is 0. The largest absolute Gasteiger partial charge is 0.390 e. The first-order valence-electron chi connectivity index (χ1n) is 8.59. The molecule has 7 heteroatoms. The van der Waals surface area contributed by atoms with E-state index in [0.717, 1.165) is 12.8 Å². The van der Waals surface area contributed by atoms with Crippen molar-refractivity contribution in [3.05, 3.63) is 0 Å². The van der Waals surface area contributed by atoms with Gasteiger partial charge in [0, 0.05) is 6.42 Å². The van der Waals surface area contributed by atoms with E-state index in [1.807, 2.05) is 13.8 Å². The normalized spacial score (nSPS) is 37.6. The van der Waals surface area contributed by atoms with Gasteiger partial charge in [-0.1, -0.05) is 19.6 Å². The smallest absolute Gasteiger partial charge is 0.187 e. The van der Waals surface area contributed by atoms with Gasteiger partial charge in [-0.3, -0.25) is 0 Å². The summed E-state index contributed by atoms with van der Waals surface area (Å²) in [6.45, 7) is 11.1. The van der Waals surface area contributed by atoms with Gasteiger partial charge in [-0.15, -0.1) is 23.5 Å². The number of thioether (sulfide) groups is 2. The van der Waals surface area contributed by atoms with Gasteiger partial charge < -0.3 is 19.3 Å². The van der Waals surface area contributed by atoms with Crippen molar-refractivity contribution >= 4 is 31.6 Å². The molecule has 0 aromatic heterocycles. The van der Waals surface area contributed by atoms with Crippen molar-refractivity contribution in [2.24, 2.45) is 0 Å². The van der Waals surface area contributed by atoms with Crippen LogP contribution >= 0.6 is 23.5 Å². The fraction of sp³-hybridized carbons (Fsp3) is 1.00. The minimum atomic E-state index is -1.42. The number of hydrogen-bond acceptors (Lipinski definition) is 6. The molecule has 3 fully saturated rings. The van der Waals surface area contributed by atoms with Crippen LogP contribution in [0.4, 0.5) is 0 Å². The molecule has 0 saturated carbocycles. The molecule has 1 N–H and O–H groups in total. The minimum absolute atomic E-state index is 0.0425. The molecule has 3 aliphatic heterocycles. The molecule has 134 valence electrons. The van der Waals surface area contributed by atoms with E-state index >= 15 is 0 Å². The van der Waals surface area contributed by atoms with Crippen LogP contribution in [0.1, 0.15) is 33.1 Å². The monoisotopic (exact) mass is 378 g/mol. The van der Waals surface area contributed by atoms with Crippen LogP contribution in [0, 0.1) is 0 Å².